The van der Waals surface area contributed by atoms with Crippen molar-refractivity contribution in [3.05, 3.63) is 36.5 Å². The summed E-state index contributed by atoms with van der Waals surface area (Å²) in [5, 5.41) is 19.0. The fourth-order valence-corrected chi connectivity index (χ4v) is 1.98. The lowest BCUT2D eigenvalue weighted by atomic mass is 10.1. The van der Waals surface area contributed by atoms with Crippen molar-refractivity contribution in [3.63, 3.8) is 0 Å². The van der Waals surface area contributed by atoms with Gasteiger partial charge in [0.1, 0.15) is 6.10 Å². The smallest absolute Gasteiger partial charge is 0.115 e. The Bertz CT molecular complexity index is 345. The minimum absolute atomic E-state index is 0.173. The molecule has 0 aliphatic carbocycles. The SMILES string of the molecule is CC/C=C\C[C@H](/C=C/C=C\CCCCCCCC(=O)[O-])OO. The molecular weight excluding hydrogens is 280 g/mol. The van der Waals surface area contributed by atoms with Crippen LogP contribution in [0.2, 0.25) is 0 Å². The maximum absolute atomic E-state index is 10.2. The molecule has 0 heterocycles. The highest BCUT2D eigenvalue weighted by molar-refractivity contribution is 5.63. The van der Waals surface area contributed by atoms with Gasteiger partial charge in [-0.15, -0.1) is 0 Å². The van der Waals surface area contributed by atoms with Gasteiger partial charge in [0.2, 0.25) is 0 Å². The molecule has 0 rings (SSSR count). The lowest BCUT2D eigenvalue weighted by molar-refractivity contribution is -0.305. The maximum atomic E-state index is 10.2. The van der Waals surface area contributed by atoms with Gasteiger partial charge in [0.25, 0.3) is 0 Å². The van der Waals surface area contributed by atoms with E-state index < -0.39 is 5.97 Å². The van der Waals surface area contributed by atoms with Crippen LogP contribution in [0.15, 0.2) is 36.5 Å². The van der Waals surface area contributed by atoms with Crippen LogP contribution in [0.4, 0.5) is 0 Å². The Hall–Kier alpha value is -1.39. The molecule has 0 radical (unpaired) electrons. The number of unbranched alkanes of at least 4 members (excludes halogenated alkanes) is 5. The summed E-state index contributed by atoms with van der Waals surface area (Å²) in [7, 11) is 0. The number of carbonyl (C=O) groups is 1. The summed E-state index contributed by atoms with van der Waals surface area (Å²) in [6.45, 7) is 2.06. The van der Waals surface area contributed by atoms with E-state index >= 15 is 0 Å². The van der Waals surface area contributed by atoms with E-state index in [0.29, 0.717) is 6.42 Å². The molecule has 1 atom stereocenters. The van der Waals surface area contributed by atoms with Crippen molar-refractivity contribution in [3.8, 4) is 0 Å². The first-order valence-corrected chi connectivity index (χ1v) is 8.19. The third-order valence-electron chi connectivity index (χ3n) is 3.23. The Morgan fingerprint density at radius 3 is 2.50 bits per heavy atom. The molecule has 126 valence electrons. The number of allylic oxidation sites excluding steroid dienone is 4. The molecule has 0 aromatic heterocycles. The molecule has 0 saturated carbocycles. The molecule has 4 heteroatoms. The predicted octanol–water partition coefficient (Wildman–Crippen LogP) is 3.79. The lowest BCUT2D eigenvalue weighted by Gasteiger charge is -2.03. The monoisotopic (exact) mass is 309 g/mol. The quantitative estimate of drug-likeness (QED) is 0.174. The third-order valence-corrected chi connectivity index (χ3v) is 3.23. The molecule has 0 aliphatic heterocycles. The zero-order valence-corrected chi connectivity index (χ0v) is 13.6. The molecular formula is C18H29O4-. The summed E-state index contributed by atoms with van der Waals surface area (Å²) >= 11 is 0. The summed E-state index contributed by atoms with van der Waals surface area (Å²) in [6, 6.07) is 0. The first-order chi connectivity index (χ1) is 10.7. The Morgan fingerprint density at radius 2 is 1.82 bits per heavy atom. The van der Waals surface area contributed by atoms with Crippen LogP contribution >= 0.6 is 0 Å². The van der Waals surface area contributed by atoms with E-state index in [2.05, 4.69) is 17.9 Å². The van der Waals surface area contributed by atoms with Gasteiger partial charge in [-0.1, -0.05) is 62.6 Å². The van der Waals surface area contributed by atoms with Crippen molar-refractivity contribution in [2.45, 2.75) is 70.8 Å². The molecule has 0 unspecified atom stereocenters. The van der Waals surface area contributed by atoms with Crippen molar-refractivity contribution < 1.29 is 20.0 Å². The summed E-state index contributed by atoms with van der Waals surface area (Å²) in [5.41, 5.74) is 0. The molecule has 22 heavy (non-hydrogen) atoms. The van der Waals surface area contributed by atoms with Gasteiger partial charge in [0.15, 0.2) is 0 Å². The normalized spacial score (nSPS) is 13.5. The van der Waals surface area contributed by atoms with E-state index in [1.54, 1.807) is 0 Å². The van der Waals surface area contributed by atoms with Crippen molar-refractivity contribution in [2.24, 2.45) is 0 Å². The topological polar surface area (TPSA) is 69.6 Å². The number of carboxylic acid groups (broad SMARTS) is 1. The predicted molar refractivity (Wildman–Crippen MR) is 87.2 cm³/mol. The molecule has 0 amide bonds. The summed E-state index contributed by atoms with van der Waals surface area (Å²) in [6.07, 6.45) is 19.3. The van der Waals surface area contributed by atoms with Crippen LogP contribution in [0.3, 0.4) is 0 Å². The highest BCUT2D eigenvalue weighted by Crippen LogP contribution is 2.07. The number of carbonyl (C=O) groups excluding carboxylic acids is 1. The first-order valence-electron chi connectivity index (χ1n) is 8.19. The van der Waals surface area contributed by atoms with Crippen molar-refractivity contribution in [2.75, 3.05) is 0 Å². The number of hydrogen-bond acceptors (Lipinski definition) is 4. The van der Waals surface area contributed by atoms with Crippen LogP contribution in [0, 0.1) is 0 Å². The van der Waals surface area contributed by atoms with Crippen LogP contribution in [-0.2, 0) is 9.68 Å². The lowest BCUT2D eigenvalue weighted by Crippen LogP contribution is -2.21. The van der Waals surface area contributed by atoms with Gasteiger partial charge >= 0.3 is 0 Å². The molecule has 0 fully saturated rings. The van der Waals surface area contributed by atoms with Crippen LogP contribution < -0.4 is 5.11 Å². The van der Waals surface area contributed by atoms with Crippen LogP contribution in [-0.4, -0.2) is 17.3 Å². The Labute approximate surface area is 134 Å². The van der Waals surface area contributed by atoms with E-state index in [9.17, 15) is 9.90 Å². The van der Waals surface area contributed by atoms with Crippen LogP contribution in [0.5, 0.6) is 0 Å². The van der Waals surface area contributed by atoms with Crippen LogP contribution in [0.1, 0.15) is 64.7 Å². The average Bonchev–Trinajstić information content (AvgIpc) is 2.50. The minimum Gasteiger partial charge on any atom is -0.550 e. The van der Waals surface area contributed by atoms with Crippen LogP contribution in [0.25, 0.3) is 0 Å². The van der Waals surface area contributed by atoms with Gasteiger partial charge in [-0.25, -0.2) is 4.89 Å². The van der Waals surface area contributed by atoms with Gasteiger partial charge in [-0.2, -0.15) is 0 Å². The molecule has 0 aromatic rings. The Balaban J connectivity index is 3.57. The second-order valence-electron chi connectivity index (χ2n) is 5.25. The average molecular weight is 309 g/mol. The highest BCUT2D eigenvalue weighted by Gasteiger charge is 1.99. The zero-order valence-electron chi connectivity index (χ0n) is 13.6. The summed E-state index contributed by atoms with van der Waals surface area (Å²) in [4.78, 5) is 14.6. The number of aliphatic carboxylic acids is 1. The summed E-state index contributed by atoms with van der Waals surface area (Å²) < 4.78 is 0. The largest absolute Gasteiger partial charge is 0.550 e. The first kappa shape index (κ1) is 20.6. The molecule has 0 spiro atoms. The molecule has 0 bridgehead atoms. The standard InChI is InChI=1S/C18H30O4/c1-2-3-11-14-17(22-21)15-12-9-7-5-4-6-8-10-13-16-18(19)20/h3,7,9,11-12,15,17,21H,2,4-6,8,10,13-14,16H2,1H3,(H,19,20)/p-1/b9-7-,11-3-,15-12+/t17-/m1/s1. The van der Waals surface area contributed by atoms with E-state index in [1.165, 1.54) is 0 Å². The molecule has 4 nitrogen and oxygen atoms in total. The van der Waals surface area contributed by atoms with Crippen molar-refractivity contribution >= 4 is 5.97 Å². The fourth-order valence-electron chi connectivity index (χ4n) is 1.98. The Kier molecular flexibility index (Phi) is 15.0. The van der Waals surface area contributed by atoms with E-state index in [-0.39, 0.29) is 12.5 Å². The minimum atomic E-state index is -0.954. The van der Waals surface area contributed by atoms with Crippen molar-refractivity contribution in [1.82, 2.24) is 0 Å². The van der Waals surface area contributed by atoms with Gasteiger partial charge in [0.05, 0.1) is 0 Å². The molecule has 0 saturated heterocycles. The maximum Gasteiger partial charge on any atom is 0.115 e. The Morgan fingerprint density at radius 1 is 1.09 bits per heavy atom. The summed E-state index contributed by atoms with van der Waals surface area (Å²) in [5.74, 6) is -0.954. The fraction of sp³-hybridized carbons (Fsp3) is 0.611. The van der Waals surface area contributed by atoms with Gasteiger partial charge in [0, 0.05) is 5.97 Å². The van der Waals surface area contributed by atoms with Gasteiger partial charge in [-0.3, -0.25) is 5.26 Å². The van der Waals surface area contributed by atoms with Gasteiger partial charge < -0.3 is 9.90 Å². The van der Waals surface area contributed by atoms with Gasteiger partial charge in [-0.05, 0) is 38.5 Å². The van der Waals surface area contributed by atoms with E-state index in [4.69, 9.17) is 5.26 Å². The van der Waals surface area contributed by atoms with Crippen molar-refractivity contribution in [1.29, 1.82) is 0 Å². The van der Waals surface area contributed by atoms with E-state index in [1.807, 2.05) is 30.4 Å². The second-order valence-corrected chi connectivity index (χ2v) is 5.25. The molecule has 0 aliphatic rings. The number of carboxylic acids is 1. The highest BCUT2D eigenvalue weighted by atomic mass is 17.1. The molecule has 1 N–H and O–H groups in total. The second kappa shape index (κ2) is 16.0. The zero-order chi connectivity index (χ0) is 16.5. The third kappa shape index (κ3) is 15.0. The van der Waals surface area contributed by atoms with E-state index in [0.717, 1.165) is 44.9 Å². The number of hydrogen-bond donors (Lipinski definition) is 1. The number of rotatable bonds is 14. The molecule has 0 aromatic carbocycles.